The van der Waals surface area contributed by atoms with Gasteiger partial charge in [-0.05, 0) is 23.7 Å². The van der Waals surface area contributed by atoms with Gasteiger partial charge in [-0.1, -0.05) is 27.7 Å². The minimum absolute atomic E-state index is 0.0771. The molecule has 1 atom stereocenters. The van der Waals surface area contributed by atoms with E-state index in [2.05, 4.69) is 33.6 Å². The highest BCUT2D eigenvalue weighted by Crippen LogP contribution is 2.25. The Morgan fingerprint density at radius 2 is 2.00 bits per heavy atom. The quantitative estimate of drug-likeness (QED) is 0.465. The van der Waals surface area contributed by atoms with Gasteiger partial charge in [-0.2, -0.15) is 0 Å². The van der Waals surface area contributed by atoms with E-state index >= 15 is 0 Å². The van der Waals surface area contributed by atoms with Gasteiger partial charge in [0, 0.05) is 6.42 Å². The van der Waals surface area contributed by atoms with Crippen molar-refractivity contribution in [2.45, 2.75) is 40.5 Å². The highest BCUT2D eigenvalue weighted by atomic mass is 16.1. The number of carbonyl (C=O) groups is 1. The van der Waals surface area contributed by atoms with Gasteiger partial charge in [-0.25, -0.2) is 0 Å². The van der Waals surface area contributed by atoms with Gasteiger partial charge < -0.3 is 0 Å². The van der Waals surface area contributed by atoms with Crippen molar-refractivity contribution in [3.63, 3.8) is 0 Å². The summed E-state index contributed by atoms with van der Waals surface area (Å²) in [7, 11) is 0. The van der Waals surface area contributed by atoms with Gasteiger partial charge >= 0.3 is 0 Å². The second-order valence-electron chi connectivity index (χ2n) is 4.64. The molecule has 0 spiro atoms. The predicted octanol–water partition coefficient (Wildman–Crippen LogP) is 2.65. The molecule has 0 fully saturated rings. The summed E-state index contributed by atoms with van der Waals surface area (Å²) in [5.41, 5.74) is 0.286. The van der Waals surface area contributed by atoms with E-state index in [1.165, 1.54) is 0 Å². The van der Waals surface area contributed by atoms with Crippen LogP contribution in [0, 0.1) is 23.7 Å². The van der Waals surface area contributed by atoms with Crippen molar-refractivity contribution in [1.82, 2.24) is 0 Å². The number of hydrogen-bond donors (Lipinski definition) is 0. The summed E-state index contributed by atoms with van der Waals surface area (Å²) < 4.78 is 0. The molecular weight excluding hydrogens is 148 g/mol. The van der Waals surface area contributed by atoms with Gasteiger partial charge in [0.1, 0.15) is 0 Å². The van der Waals surface area contributed by atoms with Gasteiger partial charge in [-0.15, -0.1) is 6.42 Å². The normalized spacial score (nSPS) is 13.6. The van der Waals surface area contributed by atoms with Crippen LogP contribution in [0.4, 0.5) is 0 Å². The van der Waals surface area contributed by atoms with Crippen molar-refractivity contribution in [2.75, 3.05) is 0 Å². The molecule has 0 aliphatic carbocycles. The van der Waals surface area contributed by atoms with E-state index in [0.717, 1.165) is 6.42 Å². The molecule has 0 aromatic carbocycles. The zero-order chi connectivity index (χ0) is 9.78. The van der Waals surface area contributed by atoms with Crippen molar-refractivity contribution in [3.05, 3.63) is 0 Å². The van der Waals surface area contributed by atoms with Crippen molar-refractivity contribution in [3.8, 4) is 12.3 Å². The standard InChI is InChI=1S/C11H18O/c1-6-10(12)7-9(2)8-11(3,4)5/h1,9H,7-8H2,2-5H3. The summed E-state index contributed by atoms with van der Waals surface area (Å²) in [6, 6.07) is 0. The Balaban J connectivity index is 3.84. The molecule has 0 aliphatic rings. The summed E-state index contributed by atoms with van der Waals surface area (Å²) in [6.45, 7) is 8.58. The number of carbonyl (C=O) groups excluding carboxylic acids is 1. The minimum Gasteiger partial charge on any atom is -0.285 e. The molecule has 0 amide bonds. The fourth-order valence-electron chi connectivity index (χ4n) is 1.49. The Kier molecular flexibility index (Phi) is 4.03. The second kappa shape index (κ2) is 4.30. The van der Waals surface area contributed by atoms with E-state index in [9.17, 15) is 4.79 Å². The third-order valence-corrected chi connectivity index (χ3v) is 1.66. The second-order valence-corrected chi connectivity index (χ2v) is 4.64. The Morgan fingerprint density at radius 1 is 1.50 bits per heavy atom. The Labute approximate surface area is 75.5 Å². The Morgan fingerprint density at radius 3 is 2.33 bits per heavy atom. The van der Waals surface area contributed by atoms with Crippen LogP contribution in [0.2, 0.25) is 0 Å². The molecule has 0 bridgehead atoms. The molecule has 0 aromatic rings. The highest BCUT2D eigenvalue weighted by Gasteiger charge is 2.16. The Bertz CT molecular complexity index is 190. The number of rotatable bonds is 3. The van der Waals surface area contributed by atoms with E-state index in [1.54, 1.807) is 0 Å². The number of ketones is 1. The Hall–Kier alpha value is -0.770. The van der Waals surface area contributed by atoms with Crippen LogP contribution < -0.4 is 0 Å². The molecule has 1 nitrogen and oxygen atoms in total. The topological polar surface area (TPSA) is 17.1 Å². The first-order valence-corrected chi connectivity index (χ1v) is 4.34. The minimum atomic E-state index is -0.0771. The molecular formula is C11H18O. The first kappa shape index (κ1) is 11.2. The maximum absolute atomic E-state index is 10.9. The average Bonchev–Trinajstić information content (AvgIpc) is 1.82. The SMILES string of the molecule is C#CC(=O)CC(C)CC(C)(C)C. The van der Waals surface area contributed by atoms with E-state index in [1.807, 2.05) is 0 Å². The fourth-order valence-corrected chi connectivity index (χ4v) is 1.49. The monoisotopic (exact) mass is 166 g/mol. The van der Waals surface area contributed by atoms with Crippen LogP contribution in [0.15, 0.2) is 0 Å². The van der Waals surface area contributed by atoms with Gasteiger partial charge in [-0.3, -0.25) is 4.79 Å². The molecule has 12 heavy (non-hydrogen) atoms. The van der Waals surface area contributed by atoms with E-state index < -0.39 is 0 Å². The number of hydrogen-bond acceptors (Lipinski definition) is 1. The lowest BCUT2D eigenvalue weighted by Gasteiger charge is -2.22. The maximum Gasteiger partial charge on any atom is 0.205 e. The molecule has 0 aliphatic heterocycles. The third kappa shape index (κ3) is 5.97. The van der Waals surface area contributed by atoms with Gasteiger partial charge in [0.05, 0.1) is 0 Å². The first-order chi connectivity index (χ1) is 5.35. The van der Waals surface area contributed by atoms with E-state index in [-0.39, 0.29) is 11.2 Å². The summed E-state index contributed by atoms with van der Waals surface area (Å²) in [4.78, 5) is 10.9. The molecule has 0 N–H and O–H groups in total. The summed E-state index contributed by atoms with van der Waals surface area (Å²) in [5.74, 6) is 2.46. The molecule has 0 rings (SSSR count). The van der Waals surface area contributed by atoms with Crippen LogP contribution in [-0.4, -0.2) is 5.78 Å². The number of terminal acetylenes is 1. The lowest BCUT2D eigenvalue weighted by molar-refractivity contribution is -0.114. The molecule has 1 unspecified atom stereocenters. The van der Waals surface area contributed by atoms with Gasteiger partial charge in [0.15, 0.2) is 0 Å². The molecule has 0 heterocycles. The van der Waals surface area contributed by atoms with Crippen LogP contribution in [0.1, 0.15) is 40.5 Å². The zero-order valence-corrected chi connectivity index (χ0v) is 8.48. The molecule has 0 aromatic heterocycles. The van der Waals surface area contributed by atoms with E-state index in [4.69, 9.17) is 6.42 Å². The zero-order valence-electron chi connectivity index (χ0n) is 8.48. The van der Waals surface area contributed by atoms with Crippen LogP contribution >= 0.6 is 0 Å². The molecule has 0 radical (unpaired) electrons. The van der Waals surface area contributed by atoms with Crippen molar-refractivity contribution in [1.29, 1.82) is 0 Å². The fraction of sp³-hybridized carbons (Fsp3) is 0.727. The van der Waals surface area contributed by atoms with Crippen molar-refractivity contribution in [2.24, 2.45) is 11.3 Å². The largest absolute Gasteiger partial charge is 0.285 e. The third-order valence-electron chi connectivity index (χ3n) is 1.66. The lowest BCUT2D eigenvalue weighted by atomic mass is 9.83. The molecule has 0 saturated heterocycles. The average molecular weight is 166 g/mol. The van der Waals surface area contributed by atoms with E-state index in [0.29, 0.717) is 12.3 Å². The van der Waals surface area contributed by atoms with Crippen LogP contribution in [0.25, 0.3) is 0 Å². The lowest BCUT2D eigenvalue weighted by Crippen LogP contribution is -2.13. The van der Waals surface area contributed by atoms with Gasteiger partial charge in [0.25, 0.3) is 0 Å². The van der Waals surface area contributed by atoms with Gasteiger partial charge in [0.2, 0.25) is 5.78 Å². The maximum atomic E-state index is 10.9. The summed E-state index contributed by atoms with van der Waals surface area (Å²) in [5, 5.41) is 0. The molecule has 0 saturated carbocycles. The predicted molar refractivity (Wildman–Crippen MR) is 51.7 cm³/mol. The number of Topliss-reactive ketones (excluding diaryl/α,β-unsaturated/α-hetero) is 1. The molecule has 1 heteroatoms. The summed E-state index contributed by atoms with van der Waals surface area (Å²) >= 11 is 0. The van der Waals surface area contributed by atoms with Crippen LogP contribution in [-0.2, 0) is 4.79 Å². The van der Waals surface area contributed by atoms with Crippen LogP contribution in [0.3, 0.4) is 0 Å². The summed E-state index contributed by atoms with van der Waals surface area (Å²) in [6.07, 6.45) is 6.55. The first-order valence-electron chi connectivity index (χ1n) is 4.34. The van der Waals surface area contributed by atoms with Crippen molar-refractivity contribution >= 4 is 5.78 Å². The highest BCUT2D eigenvalue weighted by molar-refractivity contribution is 5.94. The molecule has 68 valence electrons. The van der Waals surface area contributed by atoms with Crippen molar-refractivity contribution < 1.29 is 4.79 Å². The van der Waals surface area contributed by atoms with Crippen LogP contribution in [0.5, 0.6) is 0 Å². The smallest absolute Gasteiger partial charge is 0.205 e.